The second kappa shape index (κ2) is 10.9. The number of sulfonamides is 1. The van der Waals surface area contributed by atoms with Gasteiger partial charge in [-0.2, -0.15) is 13.5 Å². The van der Waals surface area contributed by atoms with Crippen molar-refractivity contribution in [3.8, 4) is 5.75 Å². The Bertz CT molecular complexity index is 1100. The highest BCUT2D eigenvalue weighted by atomic mass is 32.2. The van der Waals surface area contributed by atoms with Crippen molar-refractivity contribution in [1.29, 1.82) is 0 Å². The lowest BCUT2D eigenvalue weighted by Crippen LogP contribution is -2.30. The second-order valence-corrected chi connectivity index (χ2v) is 8.27. The summed E-state index contributed by atoms with van der Waals surface area (Å²) < 4.78 is 29.7. The third-order valence-corrected chi connectivity index (χ3v) is 5.51. The summed E-state index contributed by atoms with van der Waals surface area (Å²) >= 11 is 0. The molecule has 0 saturated heterocycles. The van der Waals surface area contributed by atoms with Gasteiger partial charge in [-0.15, -0.1) is 0 Å². The zero-order valence-corrected chi connectivity index (χ0v) is 17.6. The number of amides is 1. The van der Waals surface area contributed by atoms with Crippen molar-refractivity contribution in [2.75, 3.05) is 13.2 Å². The van der Waals surface area contributed by atoms with Crippen LogP contribution in [-0.2, 0) is 21.2 Å². The summed E-state index contributed by atoms with van der Waals surface area (Å²) in [4.78, 5) is 14.2. The Morgan fingerprint density at radius 1 is 0.903 bits per heavy atom. The van der Waals surface area contributed by atoms with Crippen LogP contribution in [0.4, 0.5) is 0 Å². The number of hydrazone groups is 1. The van der Waals surface area contributed by atoms with Crippen molar-refractivity contribution in [1.82, 2.24) is 10.1 Å². The summed E-state index contributed by atoms with van der Waals surface area (Å²) in [6.45, 7) is 0.458. The molecule has 8 heteroatoms. The Balaban J connectivity index is 1.41. The maximum Gasteiger partial charge on any atom is 0.276 e. The van der Waals surface area contributed by atoms with Gasteiger partial charge in [0.05, 0.1) is 11.1 Å². The molecule has 0 aromatic heterocycles. The molecule has 3 aromatic rings. The summed E-state index contributed by atoms with van der Waals surface area (Å²) in [5, 5.41) is 6.60. The summed E-state index contributed by atoms with van der Waals surface area (Å²) in [6.07, 6.45) is 2.15. The summed E-state index contributed by atoms with van der Waals surface area (Å²) in [6, 6.07) is 24.7. The smallest absolute Gasteiger partial charge is 0.276 e. The fourth-order valence-corrected chi connectivity index (χ4v) is 3.48. The molecule has 2 N–H and O–H groups in total. The van der Waals surface area contributed by atoms with E-state index in [9.17, 15) is 13.2 Å². The van der Waals surface area contributed by atoms with Crippen molar-refractivity contribution in [3.63, 3.8) is 0 Å². The molecule has 0 aliphatic carbocycles. The molecule has 7 nitrogen and oxygen atoms in total. The van der Waals surface area contributed by atoms with Crippen LogP contribution >= 0.6 is 0 Å². The number of nitrogens with one attached hydrogen (secondary N) is 2. The number of ether oxygens (including phenoxy) is 1. The van der Waals surface area contributed by atoms with Gasteiger partial charge in [0.1, 0.15) is 5.75 Å². The molecule has 160 valence electrons. The van der Waals surface area contributed by atoms with Gasteiger partial charge in [0.25, 0.3) is 15.9 Å². The topological polar surface area (TPSA) is 96.9 Å². The lowest BCUT2D eigenvalue weighted by molar-refractivity contribution is -0.123. The van der Waals surface area contributed by atoms with E-state index in [0.29, 0.717) is 17.9 Å². The molecular formula is C23H23N3O4S. The number of carbonyl (C=O) groups excluding carboxylic acids is 1. The summed E-state index contributed by atoms with van der Waals surface area (Å²) in [7, 11) is -3.70. The molecule has 0 bridgehead atoms. The SMILES string of the molecule is O=C(COc1ccc(/C=N\NS(=O)(=O)c2ccccc2)cc1)NCCc1ccccc1. The summed E-state index contributed by atoms with van der Waals surface area (Å²) in [5.74, 6) is 0.331. The van der Waals surface area contributed by atoms with E-state index in [2.05, 4.69) is 15.2 Å². The average molecular weight is 438 g/mol. The minimum Gasteiger partial charge on any atom is -0.484 e. The second-order valence-electron chi connectivity index (χ2n) is 6.61. The van der Waals surface area contributed by atoms with E-state index >= 15 is 0 Å². The summed E-state index contributed by atoms with van der Waals surface area (Å²) in [5.41, 5.74) is 1.84. The highest BCUT2D eigenvalue weighted by molar-refractivity contribution is 7.89. The predicted octanol–water partition coefficient (Wildman–Crippen LogP) is 2.74. The lowest BCUT2D eigenvalue weighted by atomic mass is 10.1. The zero-order valence-electron chi connectivity index (χ0n) is 16.8. The molecule has 3 aromatic carbocycles. The minimum absolute atomic E-state index is 0.0842. The largest absolute Gasteiger partial charge is 0.484 e. The van der Waals surface area contributed by atoms with E-state index in [0.717, 1.165) is 12.0 Å². The Labute approximate surface area is 181 Å². The van der Waals surface area contributed by atoms with E-state index in [1.54, 1.807) is 42.5 Å². The van der Waals surface area contributed by atoms with E-state index in [4.69, 9.17) is 4.74 Å². The molecule has 0 atom stereocenters. The van der Waals surface area contributed by atoms with Gasteiger partial charge in [0, 0.05) is 6.54 Å². The van der Waals surface area contributed by atoms with Crippen molar-refractivity contribution < 1.29 is 17.9 Å². The molecular weight excluding hydrogens is 414 g/mol. The first-order valence-electron chi connectivity index (χ1n) is 9.66. The van der Waals surface area contributed by atoms with Crippen molar-refractivity contribution in [3.05, 3.63) is 96.1 Å². The molecule has 0 heterocycles. The first kappa shape index (κ1) is 22.0. The average Bonchev–Trinajstić information content (AvgIpc) is 2.80. The van der Waals surface area contributed by atoms with E-state index in [1.807, 2.05) is 30.3 Å². The van der Waals surface area contributed by atoms with Crippen LogP contribution in [-0.4, -0.2) is 33.7 Å². The van der Waals surface area contributed by atoms with Crippen LogP contribution in [0.15, 0.2) is 94.9 Å². The number of benzene rings is 3. The Morgan fingerprint density at radius 2 is 1.55 bits per heavy atom. The van der Waals surface area contributed by atoms with Gasteiger partial charge in [0.15, 0.2) is 6.61 Å². The van der Waals surface area contributed by atoms with Crippen LogP contribution in [0.5, 0.6) is 5.75 Å². The quantitative estimate of drug-likeness (QED) is 0.376. The fraction of sp³-hybridized carbons (Fsp3) is 0.130. The molecule has 31 heavy (non-hydrogen) atoms. The first-order valence-corrected chi connectivity index (χ1v) is 11.1. The van der Waals surface area contributed by atoms with Crippen molar-refractivity contribution >= 4 is 22.1 Å². The van der Waals surface area contributed by atoms with E-state index < -0.39 is 10.0 Å². The molecule has 3 rings (SSSR count). The minimum atomic E-state index is -3.70. The third kappa shape index (κ3) is 7.27. The number of rotatable bonds is 10. The third-order valence-electron chi connectivity index (χ3n) is 4.27. The first-order chi connectivity index (χ1) is 15.0. The highest BCUT2D eigenvalue weighted by Crippen LogP contribution is 2.11. The molecule has 0 aliphatic heterocycles. The Kier molecular flexibility index (Phi) is 7.78. The lowest BCUT2D eigenvalue weighted by Gasteiger charge is -2.08. The molecule has 0 fully saturated rings. The molecule has 0 saturated carbocycles. The maximum atomic E-state index is 12.1. The van der Waals surface area contributed by atoms with Crippen LogP contribution in [0.3, 0.4) is 0 Å². The van der Waals surface area contributed by atoms with Crippen LogP contribution < -0.4 is 14.9 Å². The fourth-order valence-electron chi connectivity index (χ4n) is 2.66. The molecule has 1 amide bonds. The van der Waals surface area contributed by atoms with Crippen LogP contribution in [0.2, 0.25) is 0 Å². The standard InChI is InChI=1S/C23H23N3O4S/c27-23(24-16-15-19-7-3-1-4-8-19)18-30-21-13-11-20(12-14-21)17-25-26-31(28,29)22-9-5-2-6-10-22/h1-14,17,26H,15-16,18H2,(H,24,27)/b25-17-. The van der Waals surface area contributed by atoms with Crippen LogP contribution in [0.1, 0.15) is 11.1 Å². The Hall–Kier alpha value is -3.65. The highest BCUT2D eigenvalue weighted by Gasteiger charge is 2.11. The van der Waals surface area contributed by atoms with Gasteiger partial charge in [0.2, 0.25) is 0 Å². The van der Waals surface area contributed by atoms with Gasteiger partial charge in [-0.25, -0.2) is 4.83 Å². The van der Waals surface area contributed by atoms with Crippen molar-refractivity contribution in [2.45, 2.75) is 11.3 Å². The van der Waals surface area contributed by atoms with Crippen molar-refractivity contribution in [2.24, 2.45) is 5.10 Å². The molecule has 0 aliphatic rings. The molecule has 0 radical (unpaired) electrons. The van der Waals surface area contributed by atoms with Gasteiger partial charge in [-0.1, -0.05) is 48.5 Å². The van der Waals surface area contributed by atoms with Gasteiger partial charge < -0.3 is 10.1 Å². The van der Waals surface area contributed by atoms with E-state index in [-0.39, 0.29) is 17.4 Å². The van der Waals surface area contributed by atoms with E-state index in [1.165, 1.54) is 18.3 Å². The Morgan fingerprint density at radius 3 is 2.23 bits per heavy atom. The number of hydrogen-bond acceptors (Lipinski definition) is 5. The normalized spacial score (nSPS) is 11.2. The van der Waals surface area contributed by atoms with Crippen LogP contribution in [0.25, 0.3) is 0 Å². The number of hydrogen-bond donors (Lipinski definition) is 2. The zero-order chi connectivity index (χ0) is 21.9. The predicted molar refractivity (Wildman–Crippen MR) is 119 cm³/mol. The monoisotopic (exact) mass is 437 g/mol. The van der Waals surface area contributed by atoms with Crippen LogP contribution in [0, 0.1) is 0 Å². The number of nitrogens with zero attached hydrogens (tertiary/aromatic N) is 1. The molecule has 0 spiro atoms. The maximum absolute atomic E-state index is 12.1. The van der Waals surface area contributed by atoms with Gasteiger partial charge >= 0.3 is 0 Å². The van der Waals surface area contributed by atoms with Gasteiger partial charge in [-0.3, -0.25) is 4.79 Å². The number of carbonyl (C=O) groups is 1. The van der Waals surface area contributed by atoms with Gasteiger partial charge in [-0.05, 0) is 53.9 Å². The molecule has 0 unspecified atom stereocenters.